The van der Waals surface area contributed by atoms with Crippen molar-refractivity contribution in [2.75, 3.05) is 48.8 Å². The second-order valence-corrected chi connectivity index (χ2v) is 5.03. The van der Waals surface area contributed by atoms with Crippen LogP contribution in [0.4, 0.5) is 17.8 Å². The van der Waals surface area contributed by atoms with Gasteiger partial charge in [0, 0.05) is 19.6 Å². The maximum Gasteiger partial charge on any atom is 0.232 e. The molecule has 7 nitrogen and oxygen atoms in total. The molecule has 1 saturated heterocycles. The highest BCUT2D eigenvalue weighted by molar-refractivity contribution is 5.42. The number of rotatable bonds is 5. The van der Waals surface area contributed by atoms with Gasteiger partial charge in [0.1, 0.15) is 0 Å². The molecular formula is C12H22N6O. The van der Waals surface area contributed by atoms with Crippen LogP contribution in [0.5, 0.6) is 0 Å². The maximum absolute atomic E-state index is 5.74. The lowest BCUT2D eigenvalue weighted by atomic mass is 10.1. The molecule has 0 radical (unpaired) electrons. The minimum absolute atomic E-state index is 0.253. The van der Waals surface area contributed by atoms with Crippen molar-refractivity contribution in [3.05, 3.63) is 0 Å². The highest BCUT2D eigenvalue weighted by atomic mass is 16.5. The minimum atomic E-state index is 0.253. The third-order valence-electron chi connectivity index (χ3n) is 2.94. The van der Waals surface area contributed by atoms with Gasteiger partial charge in [0.05, 0.1) is 13.2 Å². The van der Waals surface area contributed by atoms with Crippen LogP contribution in [0.2, 0.25) is 0 Å². The smallest absolute Gasteiger partial charge is 0.232 e. The first-order valence-electron chi connectivity index (χ1n) is 6.73. The maximum atomic E-state index is 5.74. The summed E-state index contributed by atoms with van der Waals surface area (Å²) in [5.41, 5.74) is 5.74. The van der Waals surface area contributed by atoms with E-state index in [9.17, 15) is 0 Å². The van der Waals surface area contributed by atoms with Crippen molar-refractivity contribution >= 4 is 17.8 Å². The van der Waals surface area contributed by atoms with Crippen molar-refractivity contribution in [2.24, 2.45) is 5.92 Å². The second-order valence-electron chi connectivity index (χ2n) is 5.03. The number of hydrogen-bond donors (Lipinski definition) is 2. The van der Waals surface area contributed by atoms with E-state index < -0.39 is 0 Å². The lowest BCUT2D eigenvalue weighted by molar-refractivity contribution is 0.122. The molecule has 0 amide bonds. The molecule has 19 heavy (non-hydrogen) atoms. The molecule has 0 aromatic carbocycles. The van der Waals surface area contributed by atoms with Crippen molar-refractivity contribution in [1.29, 1.82) is 0 Å². The number of hydrogen-bond acceptors (Lipinski definition) is 7. The summed E-state index contributed by atoms with van der Waals surface area (Å²) in [7, 11) is 0. The van der Waals surface area contributed by atoms with Crippen LogP contribution in [0.15, 0.2) is 0 Å². The van der Waals surface area contributed by atoms with Gasteiger partial charge in [-0.05, 0) is 12.3 Å². The zero-order valence-electron chi connectivity index (χ0n) is 11.6. The summed E-state index contributed by atoms with van der Waals surface area (Å²) in [5, 5.41) is 3.20. The van der Waals surface area contributed by atoms with Crippen molar-refractivity contribution in [3.63, 3.8) is 0 Å². The number of ether oxygens (including phenoxy) is 1. The van der Waals surface area contributed by atoms with Gasteiger partial charge in [-0.15, -0.1) is 0 Å². The van der Waals surface area contributed by atoms with Crippen molar-refractivity contribution in [2.45, 2.75) is 20.3 Å². The molecule has 3 N–H and O–H groups in total. The third kappa shape index (κ3) is 4.20. The Morgan fingerprint density at radius 2 is 2.00 bits per heavy atom. The largest absolute Gasteiger partial charge is 0.378 e. The summed E-state index contributed by atoms with van der Waals surface area (Å²) in [4.78, 5) is 14.8. The van der Waals surface area contributed by atoms with Crippen LogP contribution in [0.3, 0.4) is 0 Å². The van der Waals surface area contributed by atoms with E-state index in [0.717, 1.165) is 26.1 Å². The summed E-state index contributed by atoms with van der Waals surface area (Å²) in [6, 6.07) is 0. The zero-order valence-corrected chi connectivity index (χ0v) is 11.6. The molecule has 1 aromatic rings. The van der Waals surface area contributed by atoms with E-state index in [0.29, 0.717) is 31.0 Å². The van der Waals surface area contributed by atoms with Crippen molar-refractivity contribution in [1.82, 2.24) is 15.0 Å². The Morgan fingerprint density at radius 3 is 2.68 bits per heavy atom. The Hall–Kier alpha value is -1.63. The molecule has 0 saturated carbocycles. The zero-order chi connectivity index (χ0) is 13.7. The molecule has 0 atom stereocenters. The number of nitrogen functional groups attached to an aromatic ring is 1. The van der Waals surface area contributed by atoms with Gasteiger partial charge >= 0.3 is 0 Å². The average molecular weight is 266 g/mol. The molecule has 1 fully saturated rings. The average Bonchev–Trinajstić information content (AvgIpc) is 2.39. The van der Waals surface area contributed by atoms with E-state index in [1.807, 2.05) is 0 Å². The second kappa shape index (κ2) is 6.51. The van der Waals surface area contributed by atoms with Crippen LogP contribution in [-0.4, -0.2) is 47.8 Å². The number of aromatic nitrogens is 3. The molecule has 0 aliphatic carbocycles. The molecule has 0 bridgehead atoms. The summed E-state index contributed by atoms with van der Waals surface area (Å²) in [6.45, 7) is 8.17. The van der Waals surface area contributed by atoms with E-state index in [2.05, 4.69) is 39.0 Å². The molecular weight excluding hydrogens is 244 g/mol. The summed E-state index contributed by atoms with van der Waals surface area (Å²) in [5.74, 6) is 2.08. The number of morpholine rings is 1. The Balaban J connectivity index is 2.01. The van der Waals surface area contributed by atoms with E-state index in [1.54, 1.807) is 0 Å². The van der Waals surface area contributed by atoms with Crippen molar-refractivity contribution < 1.29 is 4.74 Å². The summed E-state index contributed by atoms with van der Waals surface area (Å²) < 4.78 is 5.31. The minimum Gasteiger partial charge on any atom is -0.378 e. The highest BCUT2D eigenvalue weighted by Crippen LogP contribution is 2.13. The molecule has 1 aliphatic rings. The number of nitrogens with zero attached hydrogens (tertiary/aromatic N) is 4. The number of nitrogens with two attached hydrogens (primary N) is 1. The molecule has 7 heteroatoms. The SMILES string of the molecule is CC(C)CCNc1nc(N)nc(N2CCOCC2)n1. The van der Waals surface area contributed by atoms with Crippen molar-refractivity contribution in [3.8, 4) is 0 Å². The fraction of sp³-hybridized carbons (Fsp3) is 0.750. The van der Waals surface area contributed by atoms with Crippen LogP contribution in [0.1, 0.15) is 20.3 Å². The molecule has 0 spiro atoms. The van der Waals surface area contributed by atoms with E-state index in [1.165, 1.54) is 0 Å². The standard InChI is InChI=1S/C12H22N6O/c1-9(2)3-4-14-11-15-10(13)16-12(17-11)18-5-7-19-8-6-18/h9H,3-8H2,1-2H3,(H3,13,14,15,16,17). The third-order valence-corrected chi connectivity index (χ3v) is 2.94. The Bertz CT molecular complexity index is 405. The van der Waals surface area contributed by atoms with Crippen LogP contribution < -0.4 is 16.0 Å². The first-order valence-corrected chi connectivity index (χ1v) is 6.73. The first-order chi connectivity index (χ1) is 9.15. The van der Waals surface area contributed by atoms with Gasteiger partial charge < -0.3 is 20.7 Å². The lowest BCUT2D eigenvalue weighted by Crippen LogP contribution is -2.37. The fourth-order valence-electron chi connectivity index (χ4n) is 1.84. The molecule has 2 heterocycles. The lowest BCUT2D eigenvalue weighted by Gasteiger charge is -2.26. The van der Waals surface area contributed by atoms with Gasteiger partial charge in [0.2, 0.25) is 17.8 Å². The predicted molar refractivity (Wildman–Crippen MR) is 75.2 cm³/mol. The molecule has 0 unspecified atom stereocenters. The van der Waals surface area contributed by atoms with Crippen LogP contribution in [0.25, 0.3) is 0 Å². The van der Waals surface area contributed by atoms with Gasteiger partial charge in [0.15, 0.2) is 0 Å². The van der Waals surface area contributed by atoms with Gasteiger partial charge in [-0.1, -0.05) is 13.8 Å². The van der Waals surface area contributed by atoms with Crippen LogP contribution >= 0.6 is 0 Å². The quantitative estimate of drug-likeness (QED) is 0.812. The van der Waals surface area contributed by atoms with Crippen LogP contribution in [0, 0.1) is 5.92 Å². The Kier molecular flexibility index (Phi) is 4.73. The summed E-state index contributed by atoms with van der Waals surface area (Å²) >= 11 is 0. The van der Waals surface area contributed by atoms with E-state index in [4.69, 9.17) is 10.5 Å². The molecule has 106 valence electrons. The monoisotopic (exact) mass is 266 g/mol. The van der Waals surface area contributed by atoms with Gasteiger partial charge in [0.25, 0.3) is 0 Å². The van der Waals surface area contributed by atoms with Crippen LogP contribution in [-0.2, 0) is 4.74 Å². The van der Waals surface area contributed by atoms with Gasteiger partial charge in [-0.25, -0.2) is 0 Å². The van der Waals surface area contributed by atoms with E-state index >= 15 is 0 Å². The van der Waals surface area contributed by atoms with Gasteiger partial charge in [-0.2, -0.15) is 15.0 Å². The Labute approximate surface area is 113 Å². The molecule has 1 aliphatic heterocycles. The molecule has 2 rings (SSSR count). The Morgan fingerprint density at radius 1 is 1.26 bits per heavy atom. The van der Waals surface area contributed by atoms with Gasteiger partial charge in [-0.3, -0.25) is 0 Å². The fourth-order valence-corrected chi connectivity index (χ4v) is 1.84. The summed E-state index contributed by atoms with van der Waals surface area (Å²) in [6.07, 6.45) is 1.07. The topological polar surface area (TPSA) is 89.2 Å². The first kappa shape index (κ1) is 13.8. The normalized spacial score (nSPS) is 15.8. The van der Waals surface area contributed by atoms with E-state index in [-0.39, 0.29) is 5.95 Å². The highest BCUT2D eigenvalue weighted by Gasteiger charge is 2.15. The molecule has 1 aromatic heterocycles. The number of anilines is 3. The number of nitrogens with one attached hydrogen (secondary N) is 1. The predicted octanol–water partition coefficient (Wildman–Crippen LogP) is 0.748.